The quantitative estimate of drug-likeness (QED) is 0.897. The molecule has 0 saturated heterocycles. The zero-order valence-corrected chi connectivity index (χ0v) is 11.2. The minimum atomic E-state index is -0.908. The second-order valence-electron chi connectivity index (χ2n) is 4.36. The van der Waals surface area contributed by atoms with Crippen LogP contribution in [-0.4, -0.2) is 15.6 Å². The monoisotopic (exact) mass is 263 g/mol. The van der Waals surface area contributed by atoms with Crippen molar-refractivity contribution in [1.29, 1.82) is 0 Å². The van der Waals surface area contributed by atoms with Crippen LogP contribution in [0.25, 0.3) is 5.69 Å². The summed E-state index contributed by atoms with van der Waals surface area (Å²) in [6, 6.07) is 7.28. The van der Waals surface area contributed by atoms with Crippen molar-refractivity contribution in [2.75, 3.05) is 0 Å². The van der Waals surface area contributed by atoms with Gasteiger partial charge in [-0.25, -0.2) is 4.79 Å². The molecule has 1 heterocycles. The molecule has 0 amide bonds. The van der Waals surface area contributed by atoms with Gasteiger partial charge in [0.1, 0.15) is 0 Å². The van der Waals surface area contributed by atoms with Crippen molar-refractivity contribution in [3.05, 3.63) is 51.8 Å². The van der Waals surface area contributed by atoms with Gasteiger partial charge in [0.15, 0.2) is 0 Å². The topological polar surface area (TPSA) is 42.2 Å². The Kier molecular flexibility index (Phi) is 3.18. The lowest BCUT2D eigenvalue weighted by Crippen LogP contribution is -2.04. The predicted octanol–water partition coefficient (Wildman–Crippen LogP) is 3.75. The smallest absolute Gasteiger partial charge is 0.337 e. The van der Waals surface area contributed by atoms with Gasteiger partial charge in [-0.1, -0.05) is 17.7 Å². The van der Waals surface area contributed by atoms with Crippen LogP contribution in [0.1, 0.15) is 27.3 Å². The minimum absolute atomic E-state index is 0.326. The molecule has 2 aromatic rings. The Morgan fingerprint density at radius 2 is 1.89 bits per heavy atom. The lowest BCUT2D eigenvalue weighted by Gasteiger charge is -2.13. The molecule has 0 bridgehead atoms. The molecule has 1 aromatic carbocycles. The minimum Gasteiger partial charge on any atom is -0.478 e. The van der Waals surface area contributed by atoms with Crippen molar-refractivity contribution in [3.8, 4) is 5.69 Å². The second-order valence-corrected chi connectivity index (χ2v) is 4.79. The van der Waals surface area contributed by atoms with Crippen LogP contribution in [0.15, 0.2) is 24.3 Å². The number of carboxylic acid groups (broad SMARTS) is 1. The Morgan fingerprint density at radius 3 is 2.44 bits per heavy atom. The fourth-order valence-corrected chi connectivity index (χ4v) is 2.34. The van der Waals surface area contributed by atoms with Crippen LogP contribution in [0.4, 0.5) is 0 Å². The summed E-state index contributed by atoms with van der Waals surface area (Å²) in [6.07, 6.45) is 0. The Balaban J connectivity index is 2.71. The van der Waals surface area contributed by atoms with Crippen LogP contribution in [-0.2, 0) is 0 Å². The first-order chi connectivity index (χ1) is 8.41. The van der Waals surface area contributed by atoms with Crippen LogP contribution in [0, 0.1) is 20.8 Å². The summed E-state index contributed by atoms with van der Waals surface area (Å²) in [5.74, 6) is -0.908. The van der Waals surface area contributed by atoms with E-state index in [-0.39, 0.29) is 0 Å². The highest BCUT2D eigenvalue weighted by molar-refractivity contribution is 6.30. The van der Waals surface area contributed by atoms with Gasteiger partial charge in [-0.05, 0) is 44.5 Å². The van der Waals surface area contributed by atoms with E-state index in [2.05, 4.69) is 0 Å². The third-order valence-electron chi connectivity index (χ3n) is 3.07. The molecule has 0 radical (unpaired) electrons. The first-order valence-corrected chi connectivity index (χ1v) is 5.98. The van der Waals surface area contributed by atoms with Gasteiger partial charge in [-0.3, -0.25) is 0 Å². The summed E-state index contributed by atoms with van der Waals surface area (Å²) < 4.78 is 1.92. The number of aryl methyl sites for hydroxylation is 2. The van der Waals surface area contributed by atoms with Crippen molar-refractivity contribution in [1.82, 2.24) is 4.57 Å². The second kappa shape index (κ2) is 4.50. The third-order valence-corrected chi connectivity index (χ3v) is 3.31. The molecule has 0 atom stereocenters. The number of nitrogens with zero attached hydrogens (tertiary/aromatic N) is 1. The van der Waals surface area contributed by atoms with Gasteiger partial charge in [0.2, 0.25) is 0 Å². The normalized spacial score (nSPS) is 10.7. The van der Waals surface area contributed by atoms with Crippen LogP contribution < -0.4 is 0 Å². The zero-order chi connectivity index (χ0) is 13.4. The fraction of sp³-hybridized carbons (Fsp3) is 0.214. The average molecular weight is 264 g/mol. The van der Waals surface area contributed by atoms with Gasteiger partial charge in [0, 0.05) is 22.1 Å². The summed E-state index contributed by atoms with van der Waals surface area (Å²) in [4.78, 5) is 11.1. The molecule has 0 aliphatic carbocycles. The van der Waals surface area contributed by atoms with Crippen molar-refractivity contribution < 1.29 is 9.90 Å². The van der Waals surface area contributed by atoms with Gasteiger partial charge >= 0.3 is 5.97 Å². The third kappa shape index (κ3) is 2.02. The van der Waals surface area contributed by atoms with Crippen LogP contribution in [0.5, 0.6) is 0 Å². The molecule has 1 N–H and O–H groups in total. The summed E-state index contributed by atoms with van der Waals surface area (Å²) in [5.41, 5.74) is 3.90. The standard InChI is InChI=1S/C14H14ClNO2/c1-8-4-5-11(15)7-13(8)16-9(2)6-12(10(16)3)14(17)18/h4-7H,1-3H3,(H,17,18). The molecule has 3 nitrogen and oxygen atoms in total. The van der Waals surface area contributed by atoms with E-state index in [1.165, 1.54) is 0 Å². The van der Waals surface area contributed by atoms with Crippen molar-refractivity contribution in [2.45, 2.75) is 20.8 Å². The van der Waals surface area contributed by atoms with E-state index < -0.39 is 5.97 Å². The first-order valence-electron chi connectivity index (χ1n) is 5.60. The number of carboxylic acids is 1. The van der Waals surface area contributed by atoms with Gasteiger partial charge in [-0.2, -0.15) is 0 Å². The zero-order valence-electron chi connectivity index (χ0n) is 10.5. The van der Waals surface area contributed by atoms with E-state index in [9.17, 15) is 4.79 Å². The van der Waals surface area contributed by atoms with Gasteiger partial charge < -0.3 is 9.67 Å². The molecule has 0 aliphatic rings. The van der Waals surface area contributed by atoms with Crippen LogP contribution in [0.2, 0.25) is 5.02 Å². The maximum atomic E-state index is 11.1. The Bertz CT molecular complexity index is 629. The van der Waals surface area contributed by atoms with Crippen molar-refractivity contribution in [3.63, 3.8) is 0 Å². The molecule has 0 unspecified atom stereocenters. The Hall–Kier alpha value is -1.74. The van der Waals surface area contributed by atoms with Gasteiger partial charge in [0.25, 0.3) is 0 Å². The molecule has 0 aliphatic heterocycles. The van der Waals surface area contributed by atoms with Gasteiger partial charge in [-0.15, -0.1) is 0 Å². The first kappa shape index (κ1) is 12.7. The number of hydrogen-bond donors (Lipinski definition) is 1. The van der Waals surface area contributed by atoms with Crippen molar-refractivity contribution >= 4 is 17.6 Å². The van der Waals surface area contributed by atoms with Crippen LogP contribution in [0.3, 0.4) is 0 Å². The van der Waals surface area contributed by atoms with E-state index in [0.717, 1.165) is 16.9 Å². The van der Waals surface area contributed by atoms with E-state index in [0.29, 0.717) is 16.3 Å². The lowest BCUT2D eigenvalue weighted by atomic mass is 10.2. The molecule has 94 valence electrons. The molecule has 4 heteroatoms. The molecule has 0 saturated carbocycles. The molecule has 1 aromatic heterocycles. The lowest BCUT2D eigenvalue weighted by molar-refractivity contribution is 0.0696. The van der Waals surface area contributed by atoms with E-state index in [1.54, 1.807) is 13.0 Å². The molecule has 0 spiro atoms. The number of rotatable bonds is 2. The number of carbonyl (C=O) groups is 1. The van der Waals surface area contributed by atoms with E-state index in [4.69, 9.17) is 16.7 Å². The predicted molar refractivity (Wildman–Crippen MR) is 71.9 cm³/mol. The van der Waals surface area contributed by atoms with Crippen LogP contribution >= 0.6 is 11.6 Å². The Labute approximate surface area is 111 Å². The summed E-state index contributed by atoms with van der Waals surface area (Å²) in [5, 5.41) is 9.77. The fourth-order valence-electron chi connectivity index (χ4n) is 2.17. The summed E-state index contributed by atoms with van der Waals surface area (Å²) >= 11 is 6.01. The highest BCUT2D eigenvalue weighted by atomic mass is 35.5. The number of aromatic carboxylic acids is 1. The number of aromatic nitrogens is 1. The average Bonchev–Trinajstić information content (AvgIpc) is 2.58. The highest BCUT2D eigenvalue weighted by Gasteiger charge is 2.16. The van der Waals surface area contributed by atoms with E-state index in [1.807, 2.05) is 36.6 Å². The van der Waals surface area contributed by atoms with E-state index >= 15 is 0 Å². The largest absolute Gasteiger partial charge is 0.478 e. The Morgan fingerprint density at radius 1 is 1.22 bits per heavy atom. The summed E-state index contributed by atoms with van der Waals surface area (Å²) in [6.45, 7) is 5.67. The highest BCUT2D eigenvalue weighted by Crippen LogP contribution is 2.25. The molecular weight excluding hydrogens is 250 g/mol. The molecule has 2 rings (SSSR count). The summed E-state index contributed by atoms with van der Waals surface area (Å²) in [7, 11) is 0. The van der Waals surface area contributed by atoms with Gasteiger partial charge in [0.05, 0.1) is 5.56 Å². The number of benzene rings is 1. The molecule has 0 fully saturated rings. The molecular formula is C14H14ClNO2. The van der Waals surface area contributed by atoms with Crippen molar-refractivity contribution in [2.24, 2.45) is 0 Å². The molecule has 18 heavy (non-hydrogen) atoms. The maximum Gasteiger partial charge on any atom is 0.337 e. The number of hydrogen-bond acceptors (Lipinski definition) is 1. The maximum absolute atomic E-state index is 11.1. The number of halogens is 1. The SMILES string of the molecule is Cc1ccc(Cl)cc1-n1c(C)cc(C(=O)O)c1C.